The van der Waals surface area contributed by atoms with Gasteiger partial charge >= 0.3 is 5.97 Å². The Hall–Kier alpha value is -3.78. The van der Waals surface area contributed by atoms with Crippen LogP contribution in [-0.2, 0) is 9.53 Å². The summed E-state index contributed by atoms with van der Waals surface area (Å²) in [5, 5.41) is 6.39. The van der Waals surface area contributed by atoms with Gasteiger partial charge in [-0.1, -0.05) is 29.8 Å². The first kappa shape index (κ1) is 22.4. The van der Waals surface area contributed by atoms with Gasteiger partial charge in [0.1, 0.15) is 17.4 Å². The predicted octanol–water partition coefficient (Wildman–Crippen LogP) is 4.48. The first-order valence-corrected chi connectivity index (χ1v) is 10.5. The molecule has 1 aromatic heterocycles. The van der Waals surface area contributed by atoms with Crippen LogP contribution in [0.25, 0.3) is 0 Å². The second-order valence-electron chi connectivity index (χ2n) is 7.14. The molecule has 170 valence electrons. The van der Waals surface area contributed by atoms with Crippen molar-refractivity contribution in [3.05, 3.63) is 82.8 Å². The van der Waals surface area contributed by atoms with Gasteiger partial charge in [0.2, 0.25) is 0 Å². The summed E-state index contributed by atoms with van der Waals surface area (Å²) < 4.78 is 21.3. The number of carbonyl (C=O) groups excluding carboxylic acids is 2. The molecule has 0 bridgehead atoms. The number of esters is 1. The monoisotopic (exact) mass is 468 g/mol. The molecule has 2 heterocycles. The van der Waals surface area contributed by atoms with Gasteiger partial charge in [-0.15, -0.1) is 0 Å². The van der Waals surface area contributed by atoms with Crippen LogP contribution >= 0.6 is 11.6 Å². The molecule has 0 N–H and O–H groups in total. The number of halogens is 1. The Morgan fingerprint density at radius 1 is 1.09 bits per heavy atom. The lowest BCUT2D eigenvalue weighted by Gasteiger charge is -2.20. The molecule has 0 fully saturated rings. The lowest BCUT2D eigenvalue weighted by Crippen LogP contribution is -2.31. The fraction of sp³-hybridized carbons (Fsp3) is 0.208. The van der Waals surface area contributed by atoms with E-state index in [9.17, 15) is 9.59 Å². The van der Waals surface area contributed by atoms with Gasteiger partial charge in [0.15, 0.2) is 18.1 Å². The van der Waals surface area contributed by atoms with E-state index in [1.165, 1.54) is 31.6 Å². The van der Waals surface area contributed by atoms with Crippen molar-refractivity contribution < 1.29 is 28.2 Å². The molecule has 8 nitrogen and oxygen atoms in total. The van der Waals surface area contributed by atoms with Crippen molar-refractivity contribution in [3.8, 4) is 11.5 Å². The fourth-order valence-corrected chi connectivity index (χ4v) is 3.70. The third kappa shape index (κ3) is 4.70. The van der Waals surface area contributed by atoms with E-state index in [0.717, 1.165) is 5.56 Å². The van der Waals surface area contributed by atoms with Gasteiger partial charge < -0.3 is 18.6 Å². The van der Waals surface area contributed by atoms with Crippen molar-refractivity contribution in [1.29, 1.82) is 0 Å². The van der Waals surface area contributed by atoms with E-state index in [4.69, 9.17) is 30.2 Å². The van der Waals surface area contributed by atoms with Crippen LogP contribution in [-0.4, -0.2) is 43.4 Å². The maximum atomic E-state index is 13.0. The molecular weight excluding hydrogens is 448 g/mol. The fourth-order valence-electron chi connectivity index (χ4n) is 3.58. The number of rotatable bonds is 7. The maximum Gasteiger partial charge on any atom is 0.342 e. The van der Waals surface area contributed by atoms with E-state index in [1.807, 2.05) is 12.1 Å². The molecule has 0 radical (unpaired) electrons. The summed E-state index contributed by atoms with van der Waals surface area (Å²) in [4.78, 5) is 25.7. The van der Waals surface area contributed by atoms with Gasteiger partial charge in [0.25, 0.3) is 5.91 Å². The van der Waals surface area contributed by atoms with Gasteiger partial charge in [-0.05, 0) is 42.0 Å². The molecule has 0 aliphatic carbocycles. The molecule has 3 aromatic rings. The minimum absolute atomic E-state index is 0.152. The van der Waals surface area contributed by atoms with Crippen molar-refractivity contribution >= 4 is 29.2 Å². The number of carbonyl (C=O) groups is 2. The second-order valence-corrected chi connectivity index (χ2v) is 7.58. The Bertz CT molecular complexity index is 1170. The van der Waals surface area contributed by atoms with Crippen molar-refractivity contribution in [1.82, 2.24) is 5.01 Å². The molecule has 33 heavy (non-hydrogen) atoms. The summed E-state index contributed by atoms with van der Waals surface area (Å²) in [5.41, 5.74) is 1.69. The van der Waals surface area contributed by atoms with Crippen LogP contribution < -0.4 is 9.47 Å². The van der Waals surface area contributed by atoms with E-state index < -0.39 is 24.5 Å². The molecule has 1 aliphatic rings. The number of hydrogen-bond donors (Lipinski definition) is 0. The maximum absolute atomic E-state index is 13.0. The van der Waals surface area contributed by atoms with Crippen molar-refractivity contribution in [2.24, 2.45) is 5.10 Å². The third-order valence-electron chi connectivity index (χ3n) is 5.16. The smallest absolute Gasteiger partial charge is 0.342 e. The lowest BCUT2D eigenvalue weighted by atomic mass is 10.0. The molecular formula is C24H21ClN2O6. The van der Waals surface area contributed by atoms with Crippen molar-refractivity contribution in [2.75, 3.05) is 20.8 Å². The number of nitrogens with zero attached hydrogens (tertiary/aromatic N) is 2. The van der Waals surface area contributed by atoms with Crippen LogP contribution in [0.4, 0.5) is 0 Å². The number of ether oxygens (including phenoxy) is 3. The Morgan fingerprint density at radius 3 is 2.55 bits per heavy atom. The van der Waals surface area contributed by atoms with Gasteiger partial charge in [-0.3, -0.25) is 4.79 Å². The normalized spacial score (nSPS) is 15.2. The number of para-hydroxylation sites is 1. The van der Waals surface area contributed by atoms with E-state index in [2.05, 4.69) is 5.10 Å². The zero-order chi connectivity index (χ0) is 23.4. The predicted molar refractivity (Wildman–Crippen MR) is 121 cm³/mol. The zero-order valence-corrected chi connectivity index (χ0v) is 18.7. The number of amides is 1. The van der Waals surface area contributed by atoms with Crippen LogP contribution in [0.5, 0.6) is 11.5 Å². The molecule has 2 aromatic carbocycles. The largest absolute Gasteiger partial charge is 0.493 e. The van der Waals surface area contributed by atoms with E-state index in [1.54, 1.807) is 36.4 Å². The summed E-state index contributed by atoms with van der Waals surface area (Å²) in [6.45, 7) is -0.506. The summed E-state index contributed by atoms with van der Waals surface area (Å²) in [6, 6.07) is 15.1. The highest BCUT2D eigenvalue weighted by Crippen LogP contribution is 2.34. The molecule has 0 spiro atoms. The van der Waals surface area contributed by atoms with Gasteiger partial charge in [0, 0.05) is 11.4 Å². The minimum Gasteiger partial charge on any atom is -0.493 e. The molecule has 0 saturated heterocycles. The number of benzene rings is 2. The summed E-state index contributed by atoms with van der Waals surface area (Å²) in [6.07, 6.45) is 1.98. The average Bonchev–Trinajstić information content (AvgIpc) is 3.52. The molecule has 1 unspecified atom stereocenters. The van der Waals surface area contributed by atoms with Crippen LogP contribution in [0.1, 0.15) is 34.1 Å². The van der Waals surface area contributed by atoms with Gasteiger partial charge in [-0.2, -0.15) is 5.10 Å². The highest BCUT2D eigenvalue weighted by atomic mass is 35.5. The number of furan rings is 1. The SMILES string of the molecule is COc1cccc(C(=O)OCC(=O)N2N=C(c3ccc(Cl)cc3)CC2c2ccco2)c1OC. The number of methoxy groups -OCH3 is 2. The van der Waals surface area contributed by atoms with E-state index >= 15 is 0 Å². The second kappa shape index (κ2) is 9.79. The van der Waals surface area contributed by atoms with E-state index in [-0.39, 0.29) is 11.3 Å². The molecule has 1 amide bonds. The van der Waals surface area contributed by atoms with Crippen molar-refractivity contribution in [3.63, 3.8) is 0 Å². The van der Waals surface area contributed by atoms with Crippen LogP contribution in [0.3, 0.4) is 0 Å². The van der Waals surface area contributed by atoms with Crippen LogP contribution in [0.2, 0.25) is 5.02 Å². The molecule has 1 aliphatic heterocycles. The summed E-state index contributed by atoms with van der Waals surface area (Å²) >= 11 is 5.98. The highest BCUT2D eigenvalue weighted by Gasteiger charge is 2.35. The summed E-state index contributed by atoms with van der Waals surface area (Å²) in [7, 11) is 2.89. The van der Waals surface area contributed by atoms with Gasteiger partial charge in [-0.25, -0.2) is 9.80 Å². The highest BCUT2D eigenvalue weighted by molar-refractivity contribution is 6.30. The van der Waals surface area contributed by atoms with Crippen molar-refractivity contribution in [2.45, 2.75) is 12.5 Å². The van der Waals surface area contributed by atoms with Crippen LogP contribution in [0, 0.1) is 0 Å². The Balaban J connectivity index is 1.52. The molecule has 0 saturated carbocycles. The summed E-state index contributed by atoms with van der Waals surface area (Å²) in [5.74, 6) is -0.00906. The Kier molecular flexibility index (Phi) is 6.65. The number of hydrazone groups is 1. The lowest BCUT2D eigenvalue weighted by molar-refractivity contribution is -0.136. The molecule has 4 rings (SSSR count). The number of hydrogen-bond acceptors (Lipinski definition) is 7. The Morgan fingerprint density at radius 2 is 1.88 bits per heavy atom. The van der Waals surface area contributed by atoms with Crippen LogP contribution in [0.15, 0.2) is 70.4 Å². The zero-order valence-electron chi connectivity index (χ0n) is 18.0. The minimum atomic E-state index is -0.713. The van der Waals surface area contributed by atoms with E-state index in [0.29, 0.717) is 28.7 Å². The average molecular weight is 469 g/mol. The molecule has 1 atom stereocenters. The third-order valence-corrected chi connectivity index (χ3v) is 5.42. The van der Waals surface area contributed by atoms with Gasteiger partial charge in [0.05, 0.1) is 26.2 Å². The Labute approximate surface area is 195 Å². The molecule has 9 heteroatoms. The first-order valence-electron chi connectivity index (χ1n) is 10.1. The quantitative estimate of drug-likeness (QED) is 0.475. The standard InChI is InChI=1S/C24H21ClN2O6/c1-30-21-6-3-5-17(23(21)31-2)24(29)33-14-22(28)27-19(20-7-4-12-32-20)13-18(26-27)15-8-10-16(25)11-9-15/h3-12,19H,13-14H2,1-2H3. The first-order chi connectivity index (χ1) is 16.0. The topological polar surface area (TPSA) is 90.6 Å².